The van der Waals surface area contributed by atoms with E-state index in [0.717, 1.165) is 35.1 Å². The molecule has 3 rings (SSSR count). The zero-order valence-corrected chi connectivity index (χ0v) is 27.3. The smallest absolute Gasteiger partial charge is 0.255 e. The number of hydrogen-bond acceptors (Lipinski definition) is 2. The van der Waals surface area contributed by atoms with E-state index in [0.29, 0.717) is 17.9 Å². The topological polar surface area (TPSA) is 38.3 Å². The van der Waals surface area contributed by atoms with Crippen LogP contribution in [0.15, 0.2) is 72.8 Å². The number of benzene rings is 3. The van der Waals surface area contributed by atoms with Gasteiger partial charge in [-0.3, -0.25) is 4.79 Å². The summed E-state index contributed by atoms with van der Waals surface area (Å²) in [6, 6.07) is 24.4. The Bertz CT molecular complexity index is 1120. The van der Waals surface area contributed by atoms with E-state index in [4.69, 9.17) is 3.07 Å². The molecule has 0 heterocycles. The van der Waals surface area contributed by atoms with Crippen molar-refractivity contribution in [3.8, 4) is 28.0 Å². The van der Waals surface area contributed by atoms with Gasteiger partial charge in [-0.25, -0.2) is 0 Å². The van der Waals surface area contributed by atoms with Gasteiger partial charge in [-0.05, 0) is 35.2 Å². The molecule has 0 saturated heterocycles. The Morgan fingerprint density at radius 2 is 1.07 bits per heavy atom. The first-order valence-corrected chi connectivity index (χ1v) is 17.0. The van der Waals surface area contributed by atoms with Gasteiger partial charge in [0.25, 0.3) is 5.91 Å². The Labute approximate surface area is 263 Å². The zero-order chi connectivity index (χ0) is 29.0. The summed E-state index contributed by atoms with van der Waals surface area (Å²) < 4.78 is 5.79. The Morgan fingerprint density at radius 3 is 1.56 bits per heavy atom. The Balaban J connectivity index is 1.38. The molecule has 0 aliphatic heterocycles. The van der Waals surface area contributed by atoms with E-state index in [1.54, 1.807) is 0 Å². The SMILES string of the molecule is CCCCCCCCCCCCCCCCCCNC(=O)c1cc(-c2ccccc2)cc(-c2ccccc2)c1OI. The lowest BCUT2D eigenvalue weighted by molar-refractivity contribution is 0.0952. The van der Waals surface area contributed by atoms with Crippen LogP contribution in [0.2, 0.25) is 0 Å². The second-order valence-corrected chi connectivity index (χ2v) is 11.7. The number of rotatable bonds is 21. The quantitative estimate of drug-likeness (QED) is 0.0907. The summed E-state index contributed by atoms with van der Waals surface area (Å²) in [6.07, 6.45) is 21.5. The number of halogens is 1. The third kappa shape index (κ3) is 12.2. The minimum absolute atomic E-state index is 0.0763. The summed E-state index contributed by atoms with van der Waals surface area (Å²) in [5, 5.41) is 3.16. The van der Waals surface area contributed by atoms with Crippen molar-refractivity contribution in [3.05, 3.63) is 78.4 Å². The minimum Gasteiger partial charge on any atom is -0.426 e. The number of carbonyl (C=O) groups excluding carboxylic acids is 1. The van der Waals surface area contributed by atoms with E-state index >= 15 is 0 Å². The van der Waals surface area contributed by atoms with Crippen molar-refractivity contribution in [3.63, 3.8) is 0 Å². The van der Waals surface area contributed by atoms with Crippen molar-refractivity contribution in [1.29, 1.82) is 0 Å². The maximum Gasteiger partial charge on any atom is 0.255 e. The van der Waals surface area contributed by atoms with Crippen molar-refractivity contribution in [2.45, 2.75) is 110 Å². The van der Waals surface area contributed by atoms with Gasteiger partial charge in [0.15, 0.2) is 28.8 Å². The lowest BCUT2D eigenvalue weighted by Crippen LogP contribution is -2.25. The molecule has 4 heteroatoms. The number of hydrogen-bond donors (Lipinski definition) is 1. The summed E-state index contributed by atoms with van der Waals surface area (Å²) in [4.78, 5) is 13.4. The predicted molar refractivity (Wildman–Crippen MR) is 184 cm³/mol. The Kier molecular flexibility index (Phi) is 16.6. The van der Waals surface area contributed by atoms with E-state index in [1.165, 1.54) is 89.9 Å². The number of amides is 1. The first kappa shape index (κ1) is 33.2. The van der Waals surface area contributed by atoms with Gasteiger partial charge in [0.1, 0.15) is 0 Å². The third-order valence-corrected chi connectivity index (χ3v) is 8.36. The summed E-state index contributed by atoms with van der Waals surface area (Å²) in [7, 11) is 0. The molecule has 1 amide bonds. The van der Waals surface area contributed by atoms with Crippen LogP contribution in [0.3, 0.4) is 0 Å². The van der Waals surface area contributed by atoms with Gasteiger partial charge in [0.2, 0.25) is 0 Å². The van der Waals surface area contributed by atoms with Gasteiger partial charge in [-0.1, -0.05) is 164 Å². The van der Waals surface area contributed by atoms with Crippen molar-refractivity contribution < 1.29 is 7.86 Å². The van der Waals surface area contributed by atoms with Gasteiger partial charge < -0.3 is 8.38 Å². The average molecular weight is 668 g/mol. The molecule has 222 valence electrons. The molecule has 3 nitrogen and oxygen atoms in total. The number of unbranched alkanes of at least 4 members (excludes halogenated alkanes) is 15. The number of carbonyl (C=O) groups is 1. The fourth-order valence-electron chi connectivity index (χ4n) is 5.48. The molecule has 0 saturated carbocycles. The van der Waals surface area contributed by atoms with Crippen LogP contribution in [0.1, 0.15) is 120 Å². The van der Waals surface area contributed by atoms with Crippen molar-refractivity contribution in [2.75, 3.05) is 6.54 Å². The molecule has 3 aromatic carbocycles. The molecule has 0 bridgehead atoms. The van der Waals surface area contributed by atoms with E-state index in [9.17, 15) is 4.79 Å². The molecule has 0 radical (unpaired) electrons. The van der Waals surface area contributed by atoms with Gasteiger partial charge in [-0.15, -0.1) is 0 Å². The molecule has 0 fully saturated rings. The van der Waals surface area contributed by atoms with Gasteiger partial charge in [-0.2, -0.15) is 0 Å². The normalized spacial score (nSPS) is 11.0. The summed E-state index contributed by atoms with van der Waals surface area (Å²) >= 11 is 1.89. The standard InChI is InChI=1S/C37H50INO2/c1-2-3-4-5-6-7-8-9-10-11-12-13-14-15-16-23-28-39-37(40)35-30-33(31-24-19-17-20-25-31)29-34(36(35)41-38)32-26-21-18-22-27-32/h17-22,24-27,29-30H,2-16,23,28H2,1H3,(H,39,40). The second kappa shape index (κ2) is 20.5. The van der Waals surface area contributed by atoms with Crippen LogP contribution >= 0.6 is 23.0 Å². The molecule has 0 atom stereocenters. The molecule has 0 aromatic heterocycles. The maximum absolute atomic E-state index is 13.4. The average Bonchev–Trinajstić information content (AvgIpc) is 3.02. The van der Waals surface area contributed by atoms with Crippen molar-refractivity contribution >= 4 is 28.9 Å². The van der Waals surface area contributed by atoms with Crippen LogP contribution in [-0.4, -0.2) is 12.5 Å². The van der Waals surface area contributed by atoms with Gasteiger partial charge in [0.05, 0.1) is 5.56 Å². The zero-order valence-electron chi connectivity index (χ0n) is 25.1. The molecule has 1 N–H and O–H groups in total. The fourth-order valence-corrected chi connectivity index (χ4v) is 5.95. The largest absolute Gasteiger partial charge is 0.426 e. The lowest BCUT2D eigenvalue weighted by atomic mass is 9.94. The van der Waals surface area contributed by atoms with Crippen LogP contribution in [0, 0.1) is 0 Å². The third-order valence-electron chi connectivity index (χ3n) is 7.92. The van der Waals surface area contributed by atoms with E-state index in [1.807, 2.05) is 65.5 Å². The van der Waals surface area contributed by atoms with Gasteiger partial charge in [0, 0.05) is 12.1 Å². The molecule has 0 unspecified atom stereocenters. The lowest BCUT2D eigenvalue weighted by Gasteiger charge is -2.16. The highest BCUT2D eigenvalue weighted by molar-refractivity contribution is 14.1. The molecule has 0 aliphatic rings. The Hall–Kier alpha value is -2.34. The second-order valence-electron chi connectivity index (χ2n) is 11.3. The highest BCUT2D eigenvalue weighted by Gasteiger charge is 2.20. The molecule has 0 aliphatic carbocycles. The molecule has 0 spiro atoms. The summed E-state index contributed by atoms with van der Waals surface area (Å²) in [5.74, 6) is 0.536. The monoisotopic (exact) mass is 667 g/mol. The van der Waals surface area contributed by atoms with E-state index in [2.05, 4.69) is 42.6 Å². The van der Waals surface area contributed by atoms with Crippen LogP contribution in [0.25, 0.3) is 22.3 Å². The highest BCUT2D eigenvalue weighted by atomic mass is 127. The van der Waals surface area contributed by atoms with Crippen molar-refractivity contribution in [2.24, 2.45) is 0 Å². The summed E-state index contributed by atoms with van der Waals surface area (Å²) in [5.41, 5.74) is 4.62. The van der Waals surface area contributed by atoms with Gasteiger partial charge >= 0.3 is 0 Å². The molecular formula is C37H50INO2. The maximum atomic E-state index is 13.4. The van der Waals surface area contributed by atoms with Crippen LogP contribution < -0.4 is 8.38 Å². The van der Waals surface area contributed by atoms with Crippen LogP contribution in [0.5, 0.6) is 5.75 Å². The van der Waals surface area contributed by atoms with Crippen LogP contribution in [0.4, 0.5) is 0 Å². The fraction of sp³-hybridized carbons (Fsp3) is 0.486. The Morgan fingerprint density at radius 1 is 0.610 bits per heavy atom. The molecular weight excluding hydrogens is 617 g/mol. The molecule has 3 aromatic rings. The minimum atomic E-state index is -0.0763. The van der Waals surface area contributed by atoms with Crippen molar-refractivity contribution in [1.82, 2.24) is 5.32 Å². The first-order valence-electron chi connectivity index (χ1n) is 16.1. The van der Waals surface area contributed by atoms with E-state index in [-0.39, 0.29) is 5.91 Å². The molecule has 41 heavy (non-hydrogen) atoms. The number of nitrogens with one attached hydrogen (secondary N) is 1. The first-order chi connectivity index (χ1) is 20.2. The highest BCUT2D eigenvalue weighted by Crippen LogP contribution is 2.38. The predicted octanol–water partition coefficient (Wildman–Crippen LogP) is 11.7. The van der Waals surface area contributed by atoms with E-state index < -0.39 is 0 Å². The summed E-state index contributed by atoms with van der Waals surface area (Å²) in [6.45, 7) is 2.97. The van der Waals surface area contributed by atoms with Crippen LogP contribution in [-0.2, 0) is 0 Å².